The standard InChI is InChI=1S/C22H29FINO2S/c1-6-7-22(24)10-8-21(5,9-11-22)19-25-17-15(23)12-14(13-16(17)28-19)18(26)27-20(2,3)4/h12-13H,6-11H2,1-5H3. The van der Waals surface area contributed by atoms with Crippen molar-refractivity contribution in [2.75, 3.05) is 0 Å². The van der Waals surface area contributed by atoms with Crippen LogP contribution in [0.25, 0.3) is 10.2 Å². The van der Waals surface area contributed by atoms with E-state index < -0.39 is 17.4 Å². The van der Waals surface area contributed by atoms with Gasteiger partial charge in [-0.05, 0) is 65.0 Å². The lowest BCUT2D eigenvalue weighted by molar-refractivity contribution is 0.00692. The number of halogens is 2. The summed E-state index contributed by atoms with van der Waals surface area (Å²) < 4.78 is 21.2. The van der Waals surface area contributed by atoms with Crippen molar-refractivity contribution >= 4 is 50.1 Å². The average molecular weight is 517 g/mol. The molecule has 1 saturated carbocycles. The van der Waals surface area contributed by atoms with E-state index in [4.69, 9.17) is 4.74 Å². The highest BCUT2D eigenvalue weighted by Gasteiger charge is 2.41. The van der Waals surface area contributed by atoms with E-state index >= 15 is 0 Å². The number of nitrogens with zero attached hydrogens (tertiary/aromatic N) is 1. The summed E-state index contributed by atoms with van der Waals surface area (Å²) in [5, 5.41) is 0.984. The summed E-state index contributed by atoms with van der Waals surface area (Å²) in [6.07, 6.45) is 6.92. The molecule has 6 heteroatoms. The summed E-state index contributed by atoms with van der Waals surface area (Å²) in [5.74, 6) is -0.948. The van der Waals surface area contributed by atoms with Gasteiger partial charge in [0.2, 0.25) is 0 Å². The van der Waals surface area contributed by atoms with Crippen LogP contribution in [0.15, 0.2) is 12.1 Å². The molecule has 0 N–H and O–H groups in total. The Morgan fingerprint density at radius 1 is 1.29 bits per heavy atom. The molecule has 1 aromatic carbocycles. The summed E-state index contributed by atoms with van der Waals surface area (Å²) in [7, 11) is 0. The second-order valence-electron chi connectivity index (χ2n) is 9.29. The number of ether oxygens (including phenoxy) is 1. The number of aromatic nitrogens is 1. The van der Waals surface area contributed by atoms with Gasteiger partial charge in [-0.3, -0.25) is 0 Å². The van der Waals surface area contributed by atoms with Gasteiger partial charge in [-0.2, -0.15) is 0 Å². The van der Waals surface area contributed by atoms with Gasteiger partial charge in [0.1, 0.15) is 11.1 Å². The number of esters is 1. The lowest BCUT2D eigenvalue weighted by Gasteiger charge is -2.41. The van der Waals surface area contributed by atoms with Gasteiger partial charge < -0.3 is 4.74 Å². The molecule has 28 heavy (non-hydrogen) atoms. The topological polar surface area (TPSA) is 39.2 Å². The van der Waals surface area contributed by atoms with Crippen LogP contribution in [0.5, 0.6) is 0 Å². The van der Waals surface area contributed by atoms with Crippen molar-refractivity contribution in [1.29, 1.82) is 0 Å². The smallest absolute Gasteiger partial charge is 0.338 e. The molecule has 1 aliphatic carbocycles. The first kappa shape index (κ1) is 21.9. The number of carbonyl (C=O) groups is 1. The fourth-order valence-corrected chi connectivity index (χ4v) is 6.16. The molecule has 0 saturated heterocycles. The molecule has 0 amide bonds. The monoisotopic (exact) mass is 517 g/mol. The average Bonchev–Trinajstić information content (AvgIpc) is 3.02. The zero-order valence-electron chi connectivity index (χ0n) is 17.3. The fourth-order valence-electron chi connectivity index (χ4n) is 3.86. The van der Waals surface area contributed by atoms with E-state index in [1.54, 1.807) is 26.8 Å². The fraction of sp³-hybridized carbons (Fsp3) is 0.636. The molecule has 0 radical (unpaired) electrons. The van der Waals surface area contributed by atoms with Gasteiger partial charge in [-0.1, -0.05) is 42.9 Å². The quantitative estimate of drug-likeness (QED) is 0.245. The zero-order valence-corrected chi connectivity index (χ0v) is 20.3. The van der Waals surface area contributed by atoms with E-state index in [9.17, 15) is 9.18 Å². The minimum absolute atomic E-state index is 0.0232. The summed E-state index contributed by atoms with van der Waals surface area (Å²) in [5.41, 5.74) is -0.0158. The van der Waals surface area contributed by atoms with Crippen LogP contribution in [0, 0.1) is 5.82 Å². The Kier molecular flexibility index (Phi) is 6.13. The number of benzene rings is 1. The molecule has 0 aliphatic heterocycles. The number of hydrogen-bond acceptors (Lipinski definition) is 4. The number of thiazole rings is 1. The van der Waals surface area contributed by atoms with Crippen molar-refractivity contribution in [3.05, 3.63) is 28.5 Å². The van der Waals surface area contributed by atoms with E-state index in [2.05, 4.69) is 41.4 Å². The Bertz CT molecular complexity index is 879. The number of hydrogen-bond donors (Lipinski definition) is 0. The molecule has 2 aromatic rings. The van der Waals surface area contributed by atoms with Crippen LogP contribution < -0.4 is 0 Å². The predicted octanol–water partition coefficient (Wildman–Crippen LogP) is 7.20. The molecule has 1 aliphatic rings. The van der Waals surface area contributed by atoms with Gasteiger partial charge in [0.05, 0.1) is 15.3 Å². The van der Waals surface area contributed by atoms with E-state index in [0.717, 1.165) is 22.5 Å². The van der Waals surface area contributed by atoms with Crippen LogP contribution in [-0.4, -0.2) is 20.0 Å². The second-order valence-corrected chi connectivity index (χ2v) is 12.6. The summed E-state index contributed by atoms with van der Waals surface area (Å²) in [6, 6.07) is 2.97. The first-order valence-corrected chi connectivity index (χ1v) is 11.9. The molecular formula is C22H29FINO2S. The third kappa shape index (κ3) is 4.69. The van der Waals surface area contributed by atoms with Crippen molar-refractivity contribution in [1.82, 2.24) is 4.98 Å². The molecule has 3 nitrogen and oxygen atoms in total. The minimum atomic E-state index is -0.610. The van der Waals surface area contributed by atoms with Crippen LogP contribution in [-0.2, 0) is 10.2 Å². The maximum atomic E-state index is 14.7. The van der Waals surface area contributed by atoms with E-state index in [1.807, 2.05) is 0 Å². The number of alkyl halides is 1. The Labute approximate surface area is 184 Å². The molecule has 0 bridgehead atoms. The molecule has 154 valence electrons. The number of fused-ring (bicyclic) bond motifs is 1. The van der Waals surface area contributed by atoms with Crippen LogP contribution in [0.3, 0.4) is 0 Å². The third-order valence-electron chi connectivity index (χ3n) is 5.55. The Hall–Kier alpha value is -0.760. The van der Waals surface area contributed by atoms with Gasteiger partial charge in [0, 0.05) is 8.84 Å². The van der Waals surface area contributed by atoms with Gasteiger partial charge in [-0.25, -0.2) is 14.2 Å². The summed E-state index contributed by atoms with van der Waals surface area (Å²) in [4.78, 5) is 17.0. The Morgan fingerprint density at radius 3 is 2.50 bits per heavy atom. The number of carbonyl (C=O) groups excluding carboxylic acids is 1. The molecule has 0 unspecified atom stereocenters. The van der Waals surface area contributed by atoms with Crippen molar-refractivity contribution in [2.24, 2.45) is 0 Å². The van der Waals surface area contributed by atoms with Crippen molar-refractivity contribution < 1.29 is 13.9 Å². The van der Waals surface area contributed by atoms with Crippen molar-refractivity contribution in [3.8, 4) is 0 Å². The molecule has 1 heterocycles. The van der Waals surface area contributed by atoms with Crippen LogP contribution in [0.1, 0.15) is 88.5 Å². The van der Waals surface area contributed by atoms with Crippen LogP contribution >= 0.6 is 33.9 Å². The SMILES string of the molecule is CCCC1(I)CCC(C)(c2nc3c(F)cc(C(=O)OC(C)(C)C)cc3s2)CC1. The normalized spacial score (nSPS) is 25.8. The summed E-state index contributed by atoms with van der Waals surface area (Å²) >= 11 is 4.16. The summed E-state index contributed by atoms with van der Waals surface area (Å²) in [6.45, 7) is 9.91. The van der Waals surface area contributed by atoms with E-state index in [1.165, 1.54) is 43.1 Å². The molecule has 0 atom stereocenters. The molecule has 3 rings (SSSR count). The first-order chi connectivity index (χ1) is 12.9. The highest BCUT2D eigenvalue weighted by Crippen LogP contribution is 2.50. The van der Waals surface area contributed by atoms with E-state index in [-0.39, 0.29) is 11.0 Å². The Morgan fingerprint density at radius 2 is 1.93 bits per heavy atom. The lowest BCUT2D eigenvalue weighted by atomic mass is 9.71. The second kappa shape index (κ2) is 7.82. The lowest BCUT2D eigenvalue weighted by Crippen LogP contribution is -2.35. The third-order valence-corrected chi connectivity index (χ3v) is 8.47. The van der Waals surface area contributed by atoms with Gasteiger partial charge in [-0.15, -0.1) is 11.3 Å². The van der Waals surface area contributed by atoms with Gasteiger partial charge >= 0.3 is 5.97 Å². The maximum absolute atomic E-state index is 14.7. The highest BCUT2D eigenvalue weighted by atomic mass is 127. The van der Waals surface area contributed by atoms with Gasteiger partial charge in [0.15, 0.2) is 5.82 Å². The highest BCUT2D eigenvalue weighted by molar-refractivity contribution is 14.1. The van der Waals surface area contributed by atoms with Gasteiger partial charge in [0.25, 0.3) is 0 Å². The zero-order chi connectivity index (χ0) is 20.7. The molecule has 1 fully saturated rings. The molecule has 1 aromatic heterocycles. The van der Waals surface area contributed by atoms with Crippen LogP contribution in [0.2, 0.25) is 0 Å². The first-order valence-electron chi connectivity index (χ1n) is 9.98. The largest absolute Gasteiger partial charge is 0.456 e. The van der Waals surface area contributed by atoms with Crippen molar-refractivity contribution in [2.45, 2.75) is 87.6 Å². The molecular weight excluding hydrogens is 488 g/mol. The predicted molar refractivity (Wildman–Crippen MR) is 122 cm³/mol. The minimum Gasteiger partial charge on any atom is -0.456 e. The van der Waals surface area contributed by atoms with Crippen LogP contribution in [0.4, 0.5) is 4.39 Å². The molecule has 0 spiro atoms. The van der Waals surface area contributed by atoms with Crippen molar-refractivity contribution in [3.63, 3.8) is 0 Å². The Balaban J connectivity index is 1.88. The number of rotatable bonds is 4. The maximum Gasteiger partial charge on any atom is 0.338 e. The van der Waals surface area contributed by atoms with E-state index in [0.29, 0.717) is 8.94 Å².